The predicted octanol–water partition coefficient (Wildman–Crippen LogP) is 0.819. The van der Waals surface area contributed by atoms with Crippen molar-refractivity contribution < 1.29 is 19.3 Å². The van der Waals surface area contributed by atoms with Crippen LogP contribution in [0.2, 0.25) is 0 Å². The molecule has 2 aromatic carbocycles. The highest BCUT2D eigenvalue weighted by atomic mass is 16.6. The topological polar surface area (TPSA) is 195 Å². The van der Waals surface area contributed by atoms with Gasteiger partial charge in [-0.05, 0) is 30.5 Å². The molecule has 186 valence electrons. The summed E-state index contributed by atoms with van der Waals surface area (Å²) < 4.78 is 0. The van der Waals surface area contributed by atoms with Crippen LogP contribution in [0.1, 0.15) is 25.3 Å². The Hall–Kier alpha value is -4.48. The third kappa shape index (κ3) is 9.50. The Balaban J connectivity index is 2.15. The first kappa shape index (κ1) is 26.8. The molecule has 2 unspecified atom stereocenters. The van der Waals surface area contributed by atoms with Crippen molar-refractivity contribution >= 4 is 35.1 Å². The van der Waals surface area contributed by atoms with Gasteiger partial charge in [-0.1, -0.05) is 30.3 Å². The van der Waals surface area contributed by atoms with E-state index in [0.29, 0.717) is 12.1 Å². The molecule has 0 spiro atoms. The van der Waals surface area contributed by atoms with Crippen LogP contribution in [0.3, 0.4) is 0 Å². The molecule has 0 aliphatic carbocycles. The molecule has 0 aromatic heterocycles. The Morgan fingerprint density at radius 1 is 0.971 bits per heavy atom. The zero-order valence-electron chi connectivity index (χ0n) is 19.3. The van der Waals surface area contributed by atoms with Crippen LogP contribution in [-0.4, -0.2) is 47.2 Å². The third-order valence-corrected chi connectivity index (χ3v) is 4.90. The number of hydrogen-bond acceptors (Lipinski definition) is 6. The summed E-state index contributed by atoms with van der Waals surface area (Å²) in [6.07, 6.45) is 0.830. The molecule has 2 atom stereocenters. The van der Waals surface area contributed by atoms with Gasteiger partial charge in [-0.25, -0.2) is 0 Å². The van der Waals surface area contributed by atoms with E-state index in [1.54, 1.807) is 0 Å². The Morgan fingerprint density at radius 2 is 1.63 bits per heavy atom. The van der Waals surface area contributed by atoms with Gasteiger partial charge in [0.25, 0.3) is 5.69 Å². The molecule has 0 aliphatic heterocycles. The molecular formula is C23H29N7O5. The number of amides is 3. The van der Waals surface area contributed by atoms with Crippen molar-refractivity contribution in [2.45, 2.75) is 38.3 Å². The summed E-state index contributed by atoms with van der Waals surface area (Å²) in [5.74, 6) is -1.54. The van der Waals surface area contributed by atoms with E-state index < -0.39 is 28.8 Å². The molecule has 0 bridgehead atoms. The van der Waals surface area contributed by atoms with Crippen LogP contribution < -0.4 is 27.4 Å². The Labute approximate surface area is 202 Å². The summed E-state index contributed by atoms with van der Waals surface area (Å²) in [5.41, 5.74) is 11.7. The summed E-state index contributed by atoms with van der Waals surface area (Å²) in [6, 6.07) is 12.6. The van der Waals surface area contributed by atoms with Crippen molar-refractivity contribution in [3.8, 4) is 0 Å². The molecule has 35 heavy (non-hydrogen) atoms. The third-order valence-electron chi connectivity index (χ3n) is 4.90. The lowest BCUT2D eigenvalue weighted by Gasteiger charge is -2.23. The van der Waals surface area contributed by atoms with Gasteiger partial charge in [-0.3, -0.25) is 29.5 Å². The molecule has 0 saturated carbocycles. The standard InChI is InChI=1S/C23H29N7O5/c1-15(31)27-20(14-16-6-3-2-4-7-16)22(33)29-19(8-5-13-26-23(24)25)21(32)28-17-9-11-18(12-10-17)30(34)35/h2-4,6-7,9-12,19-20H,5,8,13-14H2,1H3,(H,27,31)(H,28,32)(H,29,33)(H4,24,25,26). The van der Waals surface area contributed by atoms with E-state index >= 15 is 0 Å². The van der Waals surface area contributed by atoms with Gasteiger partial charge in [0.1, 0.15) is 12.1 Å². The quantitative estimate of drug-likeness (QED) is 0.0968. The minimum atomic E-state index is -0.973. The molecule has 0 radical (unpaired) electrons. The van der Waals surface area contributed by atoms with Gasteiger partial charge in [0, 0.05) is 37.7 Å². The number of nitrogens with two attached hydrogens (primary N) is 2. The first-order valence-corrected chi connectivity index (χ1v) is 10.9. The van der Waals surface area contributed by atoms with Crippen LogP contribution in [0.15, 0.2) is 59.6 Å². The van der Waals surface area contributed by atoms with Gasteiger partial charge in [0.2, 0.25) is 17.7 Å². The van der Waals surface area contributed by atoms with Gasteiger partial charge in [0.05, 0.1) is 4.92 Å². The lowest BCUT2D eigenvalue weighted by atomic mass is 10.0. The van der Waals surface area contributed by atoms with E-state index in [1.807, 2.05) is 30.3 Å². The zero-order valence-corrected chi connectivity index (χ0v) is 19.3. The van der Waals surface area contributed by atoms with E-state index in [-0.39, 0.29) is 36.9 Å². The molecule has 0 saturated heterocycles. The minimum Gasteiger partial charge on any atom is -0.370 e. The zero-order chi connectivity index (χ0) is 25.8. The van der Waals surface area contributed by atoms with Crippen LogP contribution in [0, 0.1) is 10.1 Å². The SMILES string of the molecule is CC(=O)NC(Cc1ccccc1)C(=O)NC(CCCN=C(N)N)C(=O)Nc1ccc([N+](=O)[O-])cc1. The van der Waals surface area contributed by atoms with Gasteiger partial charge in [-0.2, -0.15) is 0 Å². The lowest BCUT2D eigenvalue weighted by Crippen LogP contribution is -2.53. The highest BCUT2D eigenvalue weighted by molar-refractivity contribution is 5.98. The molecule has 0 heterocycles. The van der Waals surface area contributed by atoms with Gasteiger partial charge in [0.15, 0.2) is 5.96 Å². The second-order valence-electron chi connectivity index (χ2n) is 7.75. The first-order valence-electron chi connectivity index (χ1n) is 10.9. The largest absolute Gasteiger partial charge is 0.370 e. The molecular weight excluding hydrogens is 454 g/mol. The average Bonchev–Trinajstić information content (AvgIpc) is 2.81. The maximum Gasteiger partial charge on any atom is 0.269 e. The highest BCUT2D eigenvalue weighted by Crippen LogP contribution is 2.16. The Bertz CT molecular complexity index is 1050. The summed E-state index contributed by atoms with van der Waals surface area (Å²) in [5, 5.41) is 18.8. The normalized spacial score (nSPS) is 12.0. The molecule has 0 aliphatic rings. The second kappa shape index (κ2) is 13.3. The van der Waals surface area contributed by atoms with Crippen molar-refractivity contribution in [1.82, 2.24) is 10.6 Å². The van der Waals surface area contributed by atoms with E-state index in [4.69, 9.17) is 11.5 Å². The first-order chi connectivity index (χ1) is 16.7. The number of anilines is 1. The number of carbonyl (C=O) groups excluding carboxylic acids is 3. The van der Waals surface area contributed by atoms with Crippen LogP contribution in [0.25, 0.3) is 0 Å². The molecule has 2 rings (SSSR count). The van der Waals surface area contributed by atoms with Gasteiger partial charge in [-0.15, -0.1) is 0 Å². The lowest BCUT2D eigenvalue weighted by molar-refractivity contribution is -0.384. The molecule has 12 heteroatoms. The summed E-state index contributed by atoms with van der Waals surface area (Å²) in [4.78, 5) is 51.9. The van der Waals surface area contributed by atoms with Crippen LogP contribution >= 0.6 is 0 Å². The Morgan fingerprint density at radius 3 is 2.20 bits per heavy atom. The van der Waals surface area contributed by atoms with Crippen LogP contribution in [-0.2, 0) is 20.8 Å². The number of benzene rings is 2. The summed E-state index contributed by atoms with van der Waals surface area (Å²) in [7, 11) is 0. The number of aliphatic imine (C=N–C) groups is 1. The molecule has 2 aromatic rings. The molecule has 0 fully saturated rings. The molecule has 7 N–H and O–H groups in total. The van der Waals surface area contributed by atoms with E-state index in [2.05, 4.69) is 20.9 Å². The number of nitro benzene ring substituents is 1. The van der Waals surface area contributed by atoms with Crippen LogP contribution in [0.4, 0.5) is 11.4 Å². The van der Waals surface area contributed by atoms with Gasteiger partial charge >= 0.3 is 0 Å². The van der Waals surface area contributed by atoms with Crippen molar-refractivity contribution in [1.29, 1.82) is 0 Å². The fourth-order valence-corrected chi connectivity index (χ4v) is 3.24. The number of hydrogen-bond donors (Lipinski definition) is 5. The number of guanidine groups is 1. The van der Waals surface area contributed by atoms with Crippen LogP contribution in [0.5, 0.6) is 0 Å². The molecule has 3 amide bonds. The smallest absolute Gasteiger partial charge is 0.269 e. The summed E-state index contributed by atoms with van der Waals surface area (Å²) >= 11 is 0. The number of nitrogens with one attached hydrogen (secondary N) is 3. The number of rotatable bonds is 12. The number of carbonyl (C=O) groups is 3. The minimum absolute atomic E-state index is 0.0884. The number of nitrogens with zero attached hydrogens (tertiary/aromatic N) is 2. The van der Waals surface area contributed by atoms with E-state index in [0.717, 1.165) is 5.56 Å². The van der Waals surface area contributed by atoms with Crippen molar-refractivity contribution in [3.63, 3.8) is 0 Å². The maximum absolute atomic E-state index is 13.1. The predicted molar refractivity (Wildman–Crippen MR) is 131 cm³/mol. The van der Waals surface area contributed by atoms with Gasteiger partial charge < -0.3 is 27.4 Å². The Kier molecular flexibility index (Phi) is 10.2. The monoisotopic (exact) mass is 483 g/mol. The number of nitro groups is 1. The average molecular weight is 484 g/mol. The van der Waals surface area contributed by atoms with Crippen molar-refractivity contribution in [2.24, 2.45) is 16.5 Å². The summed E-state index contributed by atoms with van der Waals surface area (Å²) in [6.45, 7) is 1.55. The highest BCUT2D eigenvalue weighted by Gasteiger charge is 2.26. The fourth-order valence-electron chi connectivity index (χ4n) is 3.24. The maximum atomic E-state index is 13.1. The fraction of sp³-hybridized carbons (Fsp3) is 0.304. The molecule has 12 nitrogen and oxygen atoms in total. The number of non-ortho nitro benzene ring substituents is 1. The second-order valence-corrected chi connectivity index (χ2v) is 7.75. The van der Waals surface area contributed by atoms with E-state index in [1.165, 1.54) is 31.2 Å². The van der Waals surface area contributed by atoms with Crippen molar-refractivity contribution in [2.75, 3.05) is 11.9 Å². The van der Waals surface area contributed by atoms with Crippen molar-refractivity contribution in [3.05, 3.63) is 70.3 Å². The van der Waals surface area contributed by atoms with E-state index in [9.17, 15) is 24.5 Å².